The van der Waals surface area contributed by atoms with E-state index in [-0.39, 0.29) is 5.91 Å². The van der Waals surface area contributed by atoms with Gasteiger partial charge in [-0.05, 0) is 42.5 Å². The number of carbonyl (C=O) groups is 1. The van der Waals surface area contributed by atoms with Crippen LogP contribution in [-0.2, 0) is 6.42 Å². The van der Waals surface area contributed by atoms with Crippen LogP contribution in [0.5, 0.6) is 0 Å². The summed E-state index contributed by atoms with van der Waals surface area (Å²) in [6.07, 6.45) is 0.950. The fourth-order valence-electron chi connectivity index (χ4n) is 2.17. The molecule has 3 nitrogen and oxygen atoms in total. The van der Waals surface area contributed by atoms with Crippen molar-refractivity contribution in [3.8, 4) is 9.88 Å². The topological polar surface area (TPSA) is 42.0 Å². The van der Waals surface area contributed by atoms with Crippen molar-refractivity contribution in [3.05, 3.63) is 57.9 Å². The Hall–Kier alpha value is -1.98. The molecule has 1 amide bonds. The molecule has 3 aromatic rings. The molecule has 1 N–H and O–H groups in total. The number of amides is 1. The van der Waals surface area contributed by atoms with Gasteiger partial charge in [0.05, 0.1) is 10.6 Å². The number of rotatable bonds is 4. The number of nitrogens with one attached hydrogen (secondary N) is 1. The summed E-state index contributed by atoms with van der Waals surface area (Å²) in [6, 6.07) is 12.0. The molecule has 0 aliphatic carbocycles. The standard InChI is InChI=1S/C17H16N2OS2/c1-3-12-6-4-7-13(10-12)19-16(20)15-11(2)18-17(22-15)14-8-5-9-21-14/h4-10H,3H2,1-2H3,(H,19,20). The number of anilines is 1. The van der Waals surface area contributed by atoms with Crippen molar-refractivity contribution < 1.29 is 4.79 Å². The Bertz CT molecular complexity index is 791. The number of carbonyl (C=O) groups excluding carboxylic acids is 1. The first-order chi connectivity index (χ1) is 10.7. The van der Waals surface area contributed by atoms with Crippen LogP contribution in [0.3, 0.4) is 0 Å². The molecule has 0 spiro atoms. The smallest absolute Gasteiger partial charge is 0.267 e. The van der Waals surface area contributed by atoms with E-state index >= 15 is 0 Å². The number of thiophene rings is 1. The zero-order valence-corrected chi connectivity index (χ0v) is 14.1. The summed E-state index contributed by atoms with van der Waals surface area (Å²) < 4.78 is 0. The number of nitrogens with zero attached hydrogens (tertiary/aromatic N) is 1. The molecular formula is C17H16N2OS2. The van der Waals surface area contributed by atoms with Crippen molar-refractivity contribution >= 4 is 34.3 Å². The zero-order valence-electron chi connectivity index (χ0n) is 12.4. The van der Waals surface area contributed by atoms with Gasteiger partial charge in [0.25, 0.3) is 5.91 Å². The van der Waals surface area contributed by atoms with Crippen LogP contribution < -0.4 is 5.32 Å². The molecule has 1 aromatic carbocycles. The van der Waals surface area contributed by atoms with Crippen LogP contribution in [0.25, 0.3) is 9.88 Å². The van der Waals surface area contributed by atoms with Gasteiger partial charge in [-0.2, -0.15) is 0 Å². The molecule has 3 rings (SSSR count). The first kappa shape index (κ1) is 14.9. The van der Waals surface area contributed by atoms with E-state index in [4.69, 9.17) is 0 Å². The SMILES string of the molecule is CCc1cccc(NC(=O)c2sc(-c3cccs3)nc2C)c1. The lowest BCUT2D eigenvalue weighted by Gasteiger charge is -2.05. The first-order valence-corrected chi connectivity index (χ1v) is 8.78. The van der Waals surface area contributed by atoms with Crippen molar-refractivity contribution in [2.24, 2.45) is 0 Å². The number of hydrogen-bond acceptors (Lipinski definition) is 4. The second kappa shape index (κ2) is 6.42. The van der Waals surface area contributed by atoms with Gasteiger partial charge in [0.15, 0.2) is 0 Å². The minimum Gasteiger partial charge on any atom is -0.321 e. The molecule has 2 aromatic heterocycles. The third kappa shape index (κ3) is 3.10. The largest absolute Gasteiger partial charge is 0.321 e. The molecule has 22 heavy (non-hydrogen) atoms. The van der Waals surface area contributed by atoms with Crippen molar-refractivity contribution in [2.75, 3.05) is 5.32 Å². The summed E-state index contributed by atoms with van der Waals surface area (Å²) in [6.45, 7) is 3.98. The summed E-state index contributed by atoms with van der Waals surface area (Å²) in [5.41, 5.74) is 2.81. The molecule has 2 heterocycles. The molecule has 0 radical (unpaired) electrons. The van der Waals surface area contributed by atoms with Gasteiger partial charge in [-0.25, -0.2) is 4.98 Å². The Balaban J connectivity index is 1.83. The Morgan fingerprint density at radius 2 is 2.14 bits per heavy atom. The normalized spacial score (nSPS) is 10.6. The first-order valence-electron chi connectivity index (χ1n) is 7.09. The van der Waals surface area contributed by atoms with Gasteiger partial charge in [0.1, 0.15) is 9.88 Å². The lowest BCUT2D eigenvalue weighted by atomic mass is 10.1. The van der Waals surface area contributed by atoms with Gasteiger partial charge in [-0.3, -0.25) is 4.79 Å². The van der Waals surface area contributed by atoms with Crippen LogP contribution >= 0.6 is 22.7 Å². The van der Waals surface area contributed by atoms with E-state index in [9.17, 15) is 4.79 Å². The fourth-order valence-corrected chi connectivity index (χ4v) is 3.93. The molecule has 5 heteroatoms. The van der Waals surface area contributed by atoms with E-state index in [2.05, 4.69) is 23.3 Å². The maximum atomic E-state index is 12.5. The lowest BCUT2D eigenvalue weighted by Crippen LogP contribution is -2.11. The average molecular weight is 328 g/mol. The zero-order chi connectivity index (χ0) is 15.5. The highest BCUT2D eigenvalue weighted by Gasteiger charge is 2.16. The lowest BCUT2D eigenvalue weighted by molar-refractivity contribution is 0.103. The summed E-state index contributed by atoms with van der Waals surface area (Å²) in [5, 5.41) is 5.89. The van der Waals surface area contributed by atoms with Gasteiger partial charge >= 0.3 is 0 Å². The van der Waals surface area contributed by atoms with E-state index in [0.717, 1.165) is 27.7 Å². The van der Waals surface area contributed by atoms with Crippen molar-refractivity contribution in [1.82, 2.24) is 4.98 Å². The Labute approximate surface area is 137 Å². The third-order valence-corrected chi connectivity index (χ3v) is 5.52. The maximum Gasteiger partial charge on any atom is 0.267 e. The van der Waals surface area contributed by atoms with Crippen LogP contribution in [0.2, 0.25) is 0 Å². The monoisotopic (exact) mass is 328 g/mol. The molecular weight excluding hydrogens is 312 g/mol. The second-order valence-electron chi connectivity index (χ2n) is 4.92. The Morgan fingerprint density at radius 1 is 1.27 bits per heavy atom. The highest BCUT2D eigenvalue weighted by atomic mass is 32.1. The number of hydrogen-bond donors (Lipinski definition) is 1. The molecule has 0 fully saturated rings. The predicted molar refractivity (Wildman–Crippen MR) is 93.9 cm³/mol. The average Bonchev–Trinajstić information content (AvgIpc) is 3.16. The van der Waals surface area contributed by atoms with Crippen molar-refractivity contribution in [1.29, 1.82) is 0 Å². The molecule has 0 bridgehead atoms. The van der Waals surface area contributed by atoms with E-state index in [1.165, 1.54) is 16.9 Å². The van der Waals surface area contributed by atoms with Crippen LogP contribution in [0.1, 0.15) is 27.9 Å². The van der Waals surface area contributed by atoms with Crippen LogP contribution in [0.4, 0.5) is 5.69 Å². The van der Waals surface area contributed by atoms with Gasteiger partial charge in [-0.15, -0.1) is 22.7 Å². The molecule has 0 aliphatic heterocycles. The van der Waals surface area contributed by atoms with E-state index in [1.807, 2.05) is 42.6 Å². The molecule has 112 valence electrons. The van der Waals surface area contributed by atoms with E-state index < -0.39 is 0 Å². The van der Waals surface area contributed by atoms with E-state index in [1.54, 1.807) is 11.3 Å². The molecule has 0 saturated carbocycles. The second-order valence-corrected chi connectivity index (χ2v) is 6.87. The minimum atomic E-state index is -0.0916. The summed E-state index contributed by atoms with van der Waals surface area (Å²) in [4.78, 5) is 18.8. The Kier molecular flexibility index (Phi) is 4.36. The quantitative estimate of drug-likeness (QED) is 0.732. The fraction of sp³-hybridized carbons (Fsp3) is 0.176. The van der Waals surface area contributed by atoms with Crippen molar-refractivity contribution in [3.63, 3.8) is 0 Å². The van der Waals surface area contributed by atoms with Crippen LogP contribution in [-0.4, -0.2) is 10.9 Å². The summed E-state index contributed by atoms with van der Waals surface area (Å²) in [7, 11) is 0. The van der Waals surface area contributed by atoms with Gasteiger partial charge < -0.3 is 5.32 Å². The third-order valence-electron chi connectivity index (χ3n) is 3.33. The molecule has 0 atom stereocenters. The molecule has 0 unspecified atom stereocenters. The highest BCUT2D eigenvalue weighted by Crippen LogP contribution is 2.31. The number of thiazole rings is 1. The van der Waals surface area contributed by atoms with Crippen molar-refractivity contribution in [2.45, 2.75) is 20.3 Å². The molecule has 0 aliphatic rings. The van der Waals surface area contributed by atoms with Gasteiger partial charge in [0, 0.05) is 5.69 Å². The van der Waals surface area contributed by atoms with Gasteiger partial charge in [-0.1, -0.05) is 25.1 Å². The van der Waals surface area contributed by atoms with Crippen LogP contribution in [0, 0.1) is 6.92 Å². The number of benzene rings is 1. The Morgan fingerprint density at radius 3 is 2.86 bits per heavy atom. The predicted octanol–water partition coefficient (Wildman–Crippen LogP) is 4.99. The maximum absolute atomic E-state index is 12.5. The molecule has 0 saturated heterocycles. The van der Waals surface area contributed by atoms with Gasteiger partial charge in [0.2, 0.25) is 0 Å². The van der Waals surface area contributed by atoms with Crippen LogP contribution in [0.15, 0.2) is 41.8 Å². The summed E-state index contributed by atoms with van der Waals surface area (Å²) in [5.74, 6) is -0.0916. The van der Waals surface area contributed by atoms with E-state index in [0.29, 0.717) is 4.88 Å². The summed E-state index contributed by atoms with van der Waals surface area (Å²) >= 11 is 3.08. The highest BCUT2D eigenvalue weighted by molar-refractivity contribution is 7.22. The number of aromatic nitrogens is 1. The minimum absolute atomic E-state index is 0.0916. The number of aryl methyl sites for hydroxylation is 2.